The first-order valence-electron chi connectivity index (χ1n) is 8.69. The van der Waals surface area contributed by atoms with Crippen LogP contribution in [0.2, 0.25) is 0 Å². The molecule has 0 saturated heterocycles. The van der Waals surface area contributed by atoms with Gasteiger partial charge < -0.3 is 0 Å². The van der Waals surface area contributed by atoms with Crippen molar-refractivity contribution in [3.05, 3.63) is 21.9 Å². The van der Waals surface area contributed by atoms with Gasteiger partial charge in [0.1, 0.15) is 0 Å². The fraction of sp³-hybridized carbons (Fsp3) is 0.789. The fourth-order valence-corrected chi connectivity index (χ4v) is 5.88. The second-order valence-corrected chi connectivity index (χ2v) is 9.82. The van der Waals surface area contributed by atoms with Gasteiger partial charge in [0.2, 0.25) is 0 Å². The molecule has 3 rings (SSSR count). The third kappa shape index (κ3) is 3.50. The van der Waals surface area contributed by atoms with Crippen LogP contribution in [0.3, 0.4) is 0 Å². The summed E-state index contributed by atoms with van der Waals surface area (Å²) in [5.41, 5.74) is 0.251. The molecule has 1 aromatic heterocycles. The highest BCUT2D eigenvalue weighted by atomic mass is 35.5. The third-order valence-corrected chi connectivity index (χ3v) is 7.95. The van der Waals surface area contributed by atoms with E-state index in [-0.39, 0.29) is 10.8 Å². The molecule has 2 saturated carbocycles. The van der Waals surface area contributed by atoms with Crippen molar-refractivity contribution >= 4 is 22.9 Å². The molecule has 0 spiro atoms. The summed E-state index contributed by atoms with van der Waals surface area (Å²) in [7, 11) is 0. The van der Waals surface area contributed by atoms with E-state index in [2.05, 4.69) is 32.9 Å². The summed E-state index contributed by atoms with van der Waals surface area (Å²) in [4.78, 5) is 2.87. The van der Waals surface area contributed by atoms with Gasteiger partial charge in [-0.25, -0.2) is 0 Å². The summed E-state index contributed by atoms with van der Waals surface area (Å²) in [6.45, 7) is 6.87. The lowest BCUT2D eigenvalue weighted by molar-refractivity contribution is 0.128. The van der Waals surface area contributed by atoms with Crippen LogP contribution >= 0.6 is 22.9 Å². The Morgan fingerprint density at radius 3 is 2.43 bits per heavy atom. The summed E-state index contributed by atoms with van der Waals surface area (Å²) >= 11 is 8.83. The zero-order valence-electron chi connectivity index (χ0n) is 13.7. The van der Waals surface area contributed by atoms with Gasteiger partial charge in [-0.05, 0) is 54.6 Å². The molecule has 0 radical (unpaired) electrons. The maximum Gasteiger partial charge on any atom is 0.0706 e. The lowest BCUT2D eigenvalue weighted by atomic mass is 9.67. The standard InChI is InChI=1S/C19H29ClS/c1-19(2,3)17-11-10-16(21-17)18(20)15-9-8-13-6-4-5-7-14(13)12-15/h10-11,13-15,18H,4-9,12H2,1-3H3. The Morgan fingerprint density at radius 2 is 1.76 bits per heavy atom. The van der Waals surface area contributed by atoms with Crippen LogP contribution < -0.4 is 0 Å². The zero-order chi connectivity index (χ0) is 15.0. The predicted octanol–water partition coefficient (Wildman–Crippen LogP) is 6.93. The third-order valence-electron chi connectivity index (χ3n) is 5.63. The number of fused-ring (bicyclic) bond motifs is 1. The van der Waals surface area contributed by atoms with Crippen LogP contribution in [0.25, 0.3) is 0 Å². The second-order valence-electron chi connectivity index (χ2n) is 8.23. The molecule has 2 fully saturated rings. The smallest absolute Gasteiger partial charge is 0.0706 e. The monoisotopic (exact) mass is 324 g/mol. The van der Waals surface area contributed by atoms with Crippen LogP contribution in [0.1, 0.15) is 80.8 Å². The molecule has 118 valence electrons. The largest absolute Gasteiger partial charge is 0.143 e. The van der Waals surface area contributed by atoms with Crippen molar-refractivity contribution < 1.29 is 0 Å². The van der Waals surface area contributed by atoms with Crippen molar-refractivity contribution in [2.75, 3.05) is 0 Å². The van der Waals surface area contributed by atoms with Gasteiger partial charge in [0.25, 0.3) is 0 Å². The van der Waals surface area contributed by atoms with E-state index in [0.29, 0.717) is 5.92 Å². The molecule has 2 aliphatic carbocycles. The number of hydrogen-bond donors (Lipinski definition) is 0. The average Bonchev–Trinajstić information content (AvgIpc) is 2.96. The lowest BCUT2D eigenvalue weighted by Gasteiger charge is -2.40. The first-order chi connectivity index (χ1) is 9.95. The fourth-order valence-electron chi connectivity index (χ4n) is 4.31. The minimum Gasteiger partial charge on any atom is -0.143 e. The van der Waals surface area contributed by atoms with Gasteiger partial charge in [-0.2, -0.15) is 0 Å². The Labute approximate surface area is 139 Å². The van der Waals surface area contributed by atoms with Gasteiger partial charge in [0.05, 0.1) is 5.38 Å². The number of alkyl halides is 1. The van der Waals surface area contributed by atoms with Gasteiger partial charge in [0, 0.05) is 9.75 Å². The van der Waals surface area contributed by atoms with Gasteiger partial charge >= 0.3 is 0 Å². The maximum absolute atomic E-state index is 6.89. The van der Waals surface area contributed by atoms with Gasteiger partial charge in [-0.1, -0.05) is 46.5 Å². The topological polar surface area (TPSA) is 0 Å². The minimum absolute atomic E-state index is 0.244. The summed E-state index contributed by atoms with van der Waals surface area (Å²) < 4.78 is 0. The summed E-state index contributed by atoms with van der Waals surface area (Å²) in [5, 5.41) is 0.244. The highest BCUT2D eigenvalue weighted by Gasteiger charge is 2.35. The van der Waals surface area contributed by atoms with E-state index in [1.165, 1.54) is 54.7 Å². The van der Waals surface area contributed by atoms with Crippen molar-refractivity contribution in [1.29, 1.82) is 0 Å². The summed E-state index contributed by atoms with van der Waals surface area (Å²) in [5.74, 6) is 2.70. The number of rotatable bonds is 2. The molecular formula is C19H29ClS. The lowest BCUT2D eigenvalue weighted by Crippen LogP contribution is -2.29. The molecule has 21 heavy (non-hydrogen) atoms. The SMILES string of the molecule is CC(C)(C)c1ccc(C(Cl)C2CCC3CCCCC3C2)s1. The highest BCUT2D eigenvalue weighted by molar-refractivity contribution is 7.12. The van der Waals surface area contributed by atoms with E-state index < -0.39 is 0 Å². The van der Waals surface area contributed by atoms with Gasteiger partial charge in [0.15, 0.2) is 0 Å². The van der Waals surface area contributed by atoms with Crippen LogP contribution in [0.15, 0.2) is 12.1 Å². The van der Waals surface area contributed by atoms with Crippen LogP contribution in [0.4, 0.5) is 0 Å². The molecule has 0 amide bonds. The number of hydrogen-bond acceptors (Lipinski definition) is 1. The average molecular weight is 325 g/mol. The zero-order valence-corrected chi connectivity index (χ0v) is 15.3. The summed E-state index contributed by atoms with van der Waals surface area (Å²) in [6.07, 6.45) is 10.0. The molecule has 0 N–H and O–H groups in total. The molecule has 4 unspecified atom stereocenters. The second kappa shape index (κ2) is 6.24. The van der Waals surface area contributed by atoms with Crippen LogP contribution in [-0.4, -0.2) is 0 Å². The molecule has 0 nitrogen and oxygen atoms in total. The van der Waals surface area contributed by atoms with Crippen molar-refractivity contribution in [1.82, 2.24) is 0 Å². The molecule has 2 heteroatoms. The van der Waals surface area contributed by atoms with Crippen molar-refractivity contribution in [2.45, 2.75) is 76.5 Å². The molecule has 1 aromatic rings. The Bertz CT molecular complexity index is 470. The number of thiophene rings is 1. The van der Waals surface area contributed by atoms with Crippen molar-refractivity contribution in [3.8, 4) is 0 Å². The van der Waals surface area contributed by atoms with E-state index >= 15 is 0 Å². The summed E-state index contributed by atoms with van der Waals surface area (Å²) in [6, 6.07) is 4.58. The van der Waals surface area contributed by atoms with Crippen molar-refractivity contribution in [3.63, 3.8) is 0 Å². The van der Waals surface area contributed by atoms with Crippen LogP contribution in [0.5, 0.6) is 0 Å². The van der Waals surface area contributed by atoms with E-state index in [0.717, 1.165) is 11.8 Å². The van der Waals surface area contributed by atoms with E-state index in [1.807, 2.05) is 11.3 Å². The molecule has 0 aliphatic heterocycles. The molecule has 4 atom stereocenters. The Morgan fingerprint density at radius 1 is 1.05 bits per heavy atom. The molecule has 2 aliphatic rings. The van der Waals surface area contributed by atoms with Gasteiger partial charge in [-0.15, -0.1) is 22.9 Å². The normalized spacial score (nSPS) is 31.7. The van der Waals surface area contributed by atoms with E-state index in [4.69, 9.17) is 11.6 Å². The number of halogens is 1. The van der Waals surface area contributed by atoms with Crippen molar-refractivity contribution in [2.24, 2.45) is 17.8 Å². The highest BCUT2D eigenvalue weighted by Crippen LogP contribution is 2.49. The first-order valence-corrected chi connectivity index (χ1v) is 9.94. The molecular weight excluding hydrogens is 296 g/mol. The minimum atomic E-state index is 0.244. The van der Waals surface area contributed by atoms with E-state index in [9.17, 15) is 0 Å². The van der Waals surface area contributed by atoms with E-state index in [1.54, 1.807) is 0 Å². The Hall–Kier alpha value is -0.0100. The first kappa shape index (κ1) is 15.9. The van der Waals surface area contributed by atoms with Crippen LogP contribution in [-0.2, 0) is 5.41 Å². The maximum atomic E-state index is 6.89. The quantitative estimate of drug-likeness (QED) is 0.517. The predicted molar refractivity (Wildman–Crippen MR) is 94.4 cm³/mol. The molecule has 1 heterocycles. The Balaban J connectivity index is 1.67. The Kier molecular flexibility index (Phi) is 4.72. The van der Waals surface area contributed by atoms with Crippen LogP contribution in [0, 0.1) is 17.8 Å². The van der Waals surface area contributed by atoms with Gasteiger partial charge in [-0.3, -0.25) is 0 Å². The molecule has 0 bridgehead atoms. The molecule has 0 aromatic carbocycles.